The third-order valence-corrected chi connectivity index (χ3v) is 3.40. The van der Waals surface area contributed by atoms with Crippen molar-refractivity contribution >= 4 is 15.9 Å². The zero-order valence-corrected chi connectivity index (χ0v) is 11.3. The Hall–Kier alpha value is 0.360. The van der Waals surface area contributed by atoms with Gasteiger partial charge in [-0.1, -0.05) is 22.9 Å². The number of alkyl halides is 1. The van der Waals surface area contributed by atoms with Gasteiger partial charge < -0.3 is 14.2 Å². The molecule has 4 atom stereocenters. The van der Waals surface area contributed by atoms with Crippen LogP contribution in [0.3, 0.4) is 0 Å². The monoisotopic (exact) mass is 280 g/mol. The molecule has 0 aliphatic heterocycles. The predicted molar refractivity (Wildman–Crippen MR) is 63.6 cm³/mol. The van der Waals surface area contributed by atoms with Crippen LogP contribution in [0.4, 0.5) is 0 Å². The van der Waals surface area contributed by atoms with Gasteiger partial charge in [-0.2, -0.15) is 0 Å². The molecule has 0 radical (unpaired) electrons. The fourth-order valence-corrected chi connectivity index (χ4v) is 2.56. The van der Waals surface area contributed by atoms with Gasteiger partial charge in [0.25, 0.3) is 0 Å². The molecule has 3 nitrogen and oxygen atoms in total. The maximum atomic E-state index is 5.83. The smallest absolute Gasteiger partial charge is 0.0962 e. The average molecular weight is 281 g/mol. The summed E-state index contributed by atoms with van der Waals surface area (Å²) in [6, 6.07) is 0. The van der Waals surface area contributed by atoms with E-state index in [-0.39, 0.29) is 18.3 Å². The molecule has 4 heteroatoms. The molecule has 0 N–H and O–H groups in total. The van der Waals surface area contributed by atoms with Crippen molar-refractivity contribution in [1.82, 2.24) is 0 Å². The zero-order valence-electron chi connectivity index (χ0n) is 9.74. The van der Waals surface area contributed by atoms with E-state index in [2.05, 4.69) is 22.9 Å². The quantitative estimate of drug-likeness (QED) is 0.670. The largest absolute Gasteiger partial charge is 0.382 e. The predicted octanol–water partition coefficient (Wildman–Crippen LogP) is 2.37. The normalized spacial score (nSPS) is 32.4. The Morgan fingerprint density at radius 3 is 2.73 bits per heavy atom. The van der Waals surface area contributed by atoms with Gasteiger partial charge in [0.05, 0.1) is 24.9 Å². The van der Waals surface area contributed by atoms with Crippen LogP contribution in [-0.4, -0.2) is 43.5 Å². The fraction of sp³-hybridized carbons (Fsp3) is 1.00. The molecule has 0 amide bonds. The minimum absolute atomic E-state index is 0.146. The van der Waals surface area contributed by atoms with Crippen LogP contribution in [0.25, 0.3) is 0 Å². The van der Waals surface area contributed by atoms with Gasteiger partial charge in [0.15, 0.2) is 0 Å². The topological polar surface area (TPSA) is 27.7 Å². The maximum Gasteiger partial charge on any atom is 0.0962 e. The van der Waals surface area contributed by atoms with Gasteiger partial charge in [-0.25, -0.2) is 0 Å². The van der Waals surface area contributed by atoms with Gasteiger partial charge in [0.2, 0.25) is 0 Å². The minimum Gasteiger partial charge on any atom is -0.382 e. The molecule has 0 heterocycles. The van der Waals surface area contributed by atoms with Crippen molar-refractivity contribution in [3.8, 4) is 0 Å². The highest BCUT2D eigenvalue weighted by molar-refractivity contribution is 9.09. The number of hydrogen-bond donors (Lipinski definition) is 0. The lowest BCUT2D eigenvalue weighted by Crippen LogP contribution is -2.52. The lowest BCUT2D eigenvalue weighted by molar-refractivity contribution is -0.150. The summed E-state index contributed by atoms with van der Waals surface area (Å²) in [5.74, 6) is 0. The second-order valence-corrected chi connectivity index (χ2v) is 5.20. The van der Waals surface area contributed by atoms with E-state index in [1.54, 1.807) is 7.11 Å². The first-order chi connectivity index (χ1) is 7.19. The maximum absolute atomic E-state index is 5.83. The number of hydrogen-bond acceptors (Lipinski definition) is 3. The first-order valence-electron chi connectivity index (χ1n) is 5.59. The van der Waals surface area contributed by atoms with Gasteiger partial charge in [-0.15, -0.1) is 0 Å². The highest BCUT2D eigenvalue weighted by Crippen LogP contribution is 2.34. The number of rotatable bonds is 7. The van der Waals surface area contributed by atoms with Crippen LogP contribution in [0.2, 0.25) is 0 Å². The van der Waals surface area contributed by atoms with Gasteiger partial charge in [-0.3, -0.25) is 0 Å². The van der Waals surface area contributed by atoms with E-state index >= 15 is 0 Å². The van der Waals surface area contributed by atoms with Crippen molar-refractivity contribution in [3.05, 3.63) is 0 Å². The Balaban J connectivity index is 2.23. The third kappa shape index (κ3) is 4.02. The number of methoxy groups -OCH3 is 1. The van der Waals surface area contributed by atoms with Crippen molar-refractivity contribution in [2.24, 2.45) is 0 Å². The highest BCUT2D eigenvalue weighted by Gasteiger charge is 2.41. The minimum atomic E-state index is 0.146. The summed E-state index contributed by atoms with van der Waals surface area (Å²) >= 11 is 3.59. The highest BCUT2D eigenvalue weighted by atomic mass is 79.9. The SMILES string of the molecule is CCCOC1C(Br)CC1OC(C)COC. The number of ether oxygens (including phenoxy) is 3. The van der Waals surface area contributed by atoms with E-state index in [9.17, 15) is 0 Å². The molecular weight excluding hydrogens is 260 g/mol. The second kappa shape index (κ2) is 6.84. The Kier molecular flexibility index (Phi) is 6.12. The summed E-state index contributed by atoms with van der Waals surface area (Å²) in [4.78, 5) is 0.448. The van der Waals surface area contributed by atoms with E-state index in [0.29, 0.717) is 11.4 Å². The summed E-state index contributed by atoms with van der Waals surface area (Å²) in [6.45, 7) is 5.60. The van der Waals surface area contributed by atoms with Crippen LogP contribution in [0.15, 0.2) is 0 Å². The Bertz CT molecular complexity index is 177. The van der Waals surface area contributed by atoms with Gasteiger partial charge >= 0.3 is 0 Å². The standard InChI is InChI=1S/C11H21BrO3/c1-4-5-14-11-9(12)6-10(11)15-8(2)7-13-3/h8-11H,4-7H2,1-3H3. The van der Waals surface area contributed by atoms with Crippen molar-refractivity contribution < 1.29 is 14.2 Å². The summed E-state index contributed by atoms with van der Waals surface area (Å²) in [5, 5.41) is 0. The lowest BCUT2D eigenvalue weighted by atomic mass is 9.91. The Morgan fingerprint density at radius 2 is 2.20 bits per heavy atom. The lowest BCUT2D eigenvalue weighted by Gasteiger charge is -2.42. The third-order valence-electron chi connectivity index (χ3n) is 2.50. The molecule has 4 unspecified atom stereocenters. The molecule has 0 saturated heterocycles. The van der Waals surface area contributed by atoms with Crippen molar-refractivity contribution in [1.29, 1.82) is 0 Å². The molecule has 1 aliphatic carbocycles. The van der Waals surface area contributed by atoms with Gasteiger partial charge in [-0.05, 0) is 19.8 Å². The van der Waals surface area contributed by atoms with E-state index in [0.717, 1.165) is 19.4 Å². The molecule has 1 aliphatic rings. The van der Waals surface area contributed by atoms with E-state index in [4.69, 9.17) is 14.2 Å². The summed E-state index contributed by atoms with van der Waals surface area (Å²) in [7, 11) is 1.69. The van der Waals surface area contributed by atoms with E-state index < -0.39 is 0 Å². The molecule has 0 aromatic carbocycles. The van der Waals surface area contributed by atoms with E-state index in [1.165, 1.54) is 0 Å². The molecule has 0 aromatic heterocycles. The average Bonchev–Trinajstić information content (AvgIpc) is 2.18. The van der Waals surface area contributed by atoms with Crippen LogP contribution in [0.5, 0.6) is 0 Å². The molecule has 15 heavy (non-hydrogen) atoms. The van der Waals surface area contributed by atoms with Crippen molar-refractivity contribution in [2.75, 3.05) is 20.3 Å². The molecule has 1 rings (SSSR count). The van der Waals surface area contributed by atoms with Crippen LogP contribution < -0.4 is 0 Å². The molecule has 0 aromatic rings. The molecule has 0 spiro atoms. The molecule has 1 saturated carbocycles. The van der Waals surface area contributed by atoms with Crippen LogP contribution in [0.1, 0.15) is 26.7 Å². The molecule has 90 valence electrons. The summed E-state index contributed by atoms with van der Waals surface area (Å²) in [5.41, 5.74) is 0. The molecule has 0 bridgehead atoms. The summed E-state index contributed by atoms with van der Waals surface area (Å²) < 4.78 is 16.6. The molecule has 1 fully saturated rings. The zero-order chi connectivity index (χ0) is 11.3. The van der Waals surface area contributed by atoms with Gasteiger partial charge in [0, 0.05) is 18.5 Å². The Labute approximate surface area is 101 Å². The number of halogens is 1. The Morgan fingerprint density at radius 1 is 1.47 bits per heavy atom. The fourth-order valence-electron chi connectivity index (χ4n) is 1.70. The first-order valence-corrected chi connectivity index (χ1v) is 6.50. The molecular formula is C11H21BrO3. The van der Waals surface area contributed by atoms with Crippen LogP contribution in [-0.2, 0) is 14.2 Å². The van der Waals surface area contributed by atoms with Crippen molar-refractivity contribution in [2.45, 2.75) is 49.8 Å². The second-order valence-electron chi connectivity index (χ2n) is 4.03. The summed E-state index contributed by atoms with van der Waals surface area (Å²) in [6.07, 6.45) is 2.67. The van der Waals surface area contributed by atoms with Crippen LogP contribution >= 0.6 is 15.9 Å². The van der Waals surface area contributed by atoms with Crippen molar-refractivity contribution in [3.63, 3.8) is 0 Å². The first kappa shape index (κ1) is 13.4. The van der Waals surface area contributed by atoms with E-state index in [1.807, 2.05) is 6.92 Å². The van der Waals surface area contributed by atoms with Gasteiger partial charge in [0.1, 0.15) is 0 Å². The van der Waals surface area contributed by atoms with Crippen LogP contribution in [0, 0.1) is 0 Å².